The Kier molecular flexibility index (Phi) is 4.38. The minimum absolute atomic E-state index is 0.0544. The van der Waals surface area contributed by atoms with Gasteiger partial charge in [0.2, 0.25) is 0 Å². The molecule has 0 amide bonds. The SMILES string of the molecule is COc1c2c(c(CCC(=O)O)c3c1CCC(C)(C)O3)OC(C)(C)CC2. The third-order valence-electron chi connectivity index (χ3n) is 5.15. The van der Waals surface area contributed by atoms with Crippen molar-refractivity contribution in [2.24, 2.45) is 0 Å². The molecule has 0 atom stereocenters. The van der Waals surface area contributed by atoms with E-state index >= 15 is 0 Å². The van der Waals surface area contributed by atoms with Crippen molar-refractivity contribution in [1.82, 2.24) is 0 Å². The molecule has 0 saturated carbocycles. The summed E-state index contributed by atoms with van der Waals surface area (Å²) in [6.07, 6.45) is 3.99. The molecular weight excluding hydrogens is 320 g/mol. The maximum absolute atomic E-state index is 11.2. The van der Waals surface area contributed by atoms with E-state index in [0.717, 1.165) is 59.6 Å². The second-order valence-corrected chi connectivity index (χ2v) is 8.24. The summed E-state index contributed by atoms with van der Waals surface area (Å²) in [6, 6.07) is 0. The molecule has 2 aliphatic heterocycles. The number of benzene rings is 1. The Labute approximate surface area is 149 Å². The molecule has 5 heteroatoms. The van der Waals surface area contributed by atoms with Gasteiger partial charge in [-0.2, -0.15) is 0 Å². The number of aliphatic carboxylic acids is 1. The summed E-state index contributed by atoms with van der Waals surface area (Å²) in [5, 5.41) is 9.18. The quantitative estimate of drug-likeness (QED) is 0.893. The number of hydrogen-bond acceptors (Lipinski definition) is 4. The van der Waals surface area contributed by atoms with Crippen LogP contribution < -0.4 is 14.2 Å². The van der Waals surface area contributed by atoms with Crippen LogP contribution in [0.5, 0.6) is 17.2 Å². The van der Waals surface area contributed by atoms with Crippen molar-refractivity contribution in [2.45, 2.75) is 77.4 Å². The molecule has 0 radical (unpaired) electrons. The molecule has 3 rings (SSSR count). The molecule has 1 aromatic carbocycles. The number of carboxylic acid groups (broad SMARTS) is 1. The highest BCUT2D eigenvalue weighted by atomic mass is 16.5. The van der Waals surface area contributed by atoms with Crippen molar-refractivity contribution in [3.63, 3.8) is 0 Å². The Morgan fingerprint density at radius 1 is 1.04 bits per heavy atom. The van der Waals surface area contributed by atoms with Gasteiger partial charge in [0.15, 0.2) is 0 Å². The van der Waals surface area contributed by atoms with Gasteiger partial charge in [-0.1, -0.05) is 0 Å². The van der Waals surface area contributed by atoms with Crippen LogP contribution in [0.25, 0.3) is 0 Å². The second-order valence-electron chi connectivity index (χ2n) is 8.24. The molecule has 0 bridgehead atoms. The van der Waals surface area contributed by atoms with Crippen molar-refractivity contribution >= 4 is 5.97 Å². The zero-order valence-corrected chi connectivity index (χ0v) is 15.8. The Morgan fingerprint density at radius 3 is 1.92 bits per heavy atom. The topological polar surface area (TPSA) is 65.0 Å². The normalized spacial score (nSPS) is 19.9. The molecule has 138 valence electrons. The fourth-order valence-corrected chi connectivity index (χ4v) is 3.77. The second kappa shape index (κ2) is 6.11. The molecule has 0 fully saturated rings. The average Bonchev–Trinajstić information content (AvgIpc) is 2.50. The first-order valence-electron chi connectivity index (χ1n) is 8.98. The van der Waals surface area contributed by atoms with E-state index in [1.54, 1.807) is 7.11 Å². The highest BCUT2D eigenvalue weighted by Gasteiger charge is 2.38. The highest BCUT2D eigenvalue weighted by Crippen LogP contribution is 2.51. The highest BCUT2D eigenvalue weighted by molar-refractivity contribution is 5.69. The van der Waals surface area contributed by atoms with Crippen LogP contribution >= 0.6 is 0 Å². The first-order valence-corrected chi connectivity index (χ1v) is 8.98. The third kappa shape index (κ3) is 3.42. The number of hydrogen-bond donors (Lipinski definition) is 1. The standard InChI is InChI=1S/C20H28O5/c1-19(2)10-8-13-16(23-5)14-9-11-20(3,4)25-18(14)12(17(13)24-19)6-7-15(21)22/h6-11H2,1-5H3,(H,21,22). The van der Waals surface area contributed by atoms with Gasteiger partial charge in [-0.05, 0) is 59.8 Å². The Bertz CT molecular complexity index is 656. The summed E-state index contributed by atoms with van der Waals surface area (Å²) in [4.78, 5) is 11.2. The lowest BCUT2D eigenvalue weighted by Crippen LogP contribution is -2.36. The first-order chi connectivity index (χ1) is 11.6. The van der Waals surface area contributed by atoms with Crippen LogP contribution in [0, 0.1) is 0 Å². The van der Waals surface area contributed by atoms with Gasteiger partial charge in [-0.3, -0.25) is 4.79 Å². The van der Waals surface area contributed by atoms with Crippen LogP contribution in [0.1, 0.15) is 63.6 Å². The van der Waals surface area contributed by atoms with Gasteiger partial charge in [-0.25, -0.2) is 0 Å². The first kappa shape index (κ1) is 17.9. The van der Waals surface area contributed by atoms with E-state index in [1.807, 2.05) is 0 Å². The number of ether oxygens (including phenoxy) is 3. The van der Waals surface area contributed by atoms with Gasteiger partial charge in [0.05, 0.1) is 7.11 Å². The molecular formula is C20H28O5. The van der Waals surface area contributed by atoms with Gasteiger partial charge in [-0.15, -0.1) is 0 Å². The molecule has 1 N–H and O–H groups in total. The van der Waals surface area contributed by atoms with Crippen molar-refractivity contribution in [1.29, 1.82) is 0 Å². The third-order valence-corrected chi connectivity index (χ3v) is 5.15. The molecule has 0 aliphatic carbocycles. The monoisotopic (exact) mass is 348 g/mol. The van der Waals surface area contributed by atoms with Crippen LogP contribution in [0.15, 0.2) is 0 Å². The number of rotatable bonds is 4. The predicted molar refractivity (Wildman–Crippen MR) is 95.0 cm³/mol. The van der Waals surface area contributed by atoms with E-state index in [1.165, 1.54) is 0 Å². The molecule has 0 aromatic heterocycles. The number of carbonyl (C=O) groups is 1. The van der Waals surface area contributed by atoms with Crippen molar-refractivity contribution in [3.8, 4) is 17.2 Å². The Hall–Kier alpha value is -1.91. The number of fused-ring (bicyclic) bond motifs is 2. The lowest BCUT2D eigenvalue weighted by atomic mass is 9.85. The molecule has 0 saturated heterocycles. The summed E-state index contributed by atoms with van der Waals surface area (Å²) >= 11 is 0. The minimum Gasteiger partial charge on any atom is -0.496 e. The van der Waals surface area contributed by atoms with Crippen molar-refractivity contribution in [2.75, 3.05) is 7.11 Å². The molecule has 0 unspecified atom stereocenters. The van der Waals surface area contributed by atoms with Crippen LogP contribution in [-0.4, -0.2) is 29.4 Å². The minimum atomic E-state index is -0.816. The van der Waals surface area contributed by atoms with Gasteiger partial charge in [0.25, 0.3) is 0 Å². The lowest BCUT2D eigenvalue weighted by Gasteiger charge is -2.40. The van der Waals surface area contributed by atoms with Crippen LogP contribution in [0.2, 0.25) is 0 Å². The lowest BCUT2D eigenvalue weighted by molar-refractivity contribution is -0.136. The smallest absolute Gasteiger partial charge is 0.303 e. The Balaban J connectivity index is 2.20. The summed E-state index contributed by atoms with van der Waals surface area (Å²) in [6.45, 7) is 8.25. The predicted octanol–water partition coefficient (Wildman–Crippen LogP) is 3.92. The zero-order chi connectivity index (χ0) is 18.4. The summed E-state index contributed by atoms with van der Waals surface area (Å²) < 4.78 is 18.4. The molecule has 25 heavy (non-hydrogen) atoms. The van der Waals surface area contributed by atoms with E-state index in [2.05, 4.69) is 27.7 Å². The van der Waals surface area contributed by atoms with Crippen LogP contribution in [0.4, 0.5) is 0 Å². The summed E-state index contributed by atoms with van der Waals surface area (Å²) in [5.74, 6) is 1.58. The van der Waals surface area contributed by atoms with Crippen molar-refractivity contribution < 1.29 is 24.1 Å². The van der Waals surface area contributed by atoms with Gasteiger partial charge in [0.1, 0.15) is 28.5 Å². The van der Waals surface area contributed by atoms with Gasteiger partial charge < -0.3 is 19.3 Å². The molecule has 1 aromatic rings. The van der Waals surface area contributed by atoms with Gasteiger partial charge >= 0.3 is 5.97 Å². The zero-order valence-electron chi connectivity index (χ0n) is 15.8. The summed E-state index contributed by atoms with van der Waals surface area (Å²) in [5.41, 5.74) is 2.44. The fraction of sp³-hybridized carbons (Fsp3) is 0.650. The Morgan fingerprint density at radius 2 is 1.52 bits per heavy atom. The maximum Gasteiger partial charge on any atom is 0.303 e. The van der Waals surface area contributed by atoms with E-state index < -0.39 is 5.97 Å². The largest absolute Gasteiger partial charge is 0.496 e. The van der Waals surface area contributed by atoms with E-state index in [0.29, 0.717) is 6.42 Å². The van der Waals surface area contributed by atoms with E-state index in [4.69, 9.17) is 14.2 Å². The van der Waals surface area contributed by atoms with E-state index in [9.17, 15) is 9.90 Å². The molecule has 5 nitrogen and oxygen atoms in total. The van der Waals surface area contributed by atoms with Crippen LogP contribution in [-0.2, 0) is 24.1 Å². The molecule has 2 heterocycles. The van der Waals surface area contributed by atoms with Crippen molar-refractivity contribution in [3.05, 3.63) is 16.7 Å². The maximum atomic E-state index is 11.2. The molecule has 0 spiro atoms. The van der Waals surface area contributed by atoms with Crippen LogP contribution in [0.3, 0.4) is 0 Å². The number of carboxylic acids is 1. The summed E-state index contributed by atoms with van der Waals surface area (Å²) in [7, 11) is 1.69. The average molecular weight is 348 g/mol. The fourth-order valence-electron chi connectivity index (χ4n) is 3.77. The van der Waals surface area contributed by atoms with E-state index in [-0.39, 0.29) is 17.6 Å². The molecule has 2 aliphatic rings. The number of methoxy groups -OCH3 is 1. The van der Waals surface area contributed by atoms with Gasteiger partial charge in [0, 0.05) is 23.1 Å².